The van der Waals surface area contributed by atoms with E-state index in [0.717, 1.165) is 18.9 Å². The maximum atomic E-state index is 3.95. The number of hydrogen-bond acceptors (Lipinski definition) is 1. The van der Waals surface area contributed by atoms with Crippen LogP contribution >= 0.6 is 0 Å². The van der Waals surface area contributed by atoms with Crippen LogP contribution in [0.5, 0.6) is 0 Å². The minimum atomic E-state index is 0.845. The third-order valence-electron chi connectivity index (χ3n) is 1.94. The molecular formula is C11H23N. The highest BCUT2D eigenvalue weighted by molar-refractivity contribution is 4.89. The molecule has 0 unspecified atom stereocenters. The van der Waals surface area contributed by atoms with Crippen LogP contribution in [0.3, 0.4) is 0 Å². The second-order valence-electron chi connectivity index (χ2n) is 3.77. The normalized spacial score (nSPS) is 10.3. The summed E-state index contributed by atoms with van der Waals surface area (Å²) < 4.78 is 0. The Kier molecular flexibility index (Phi) is 6.93. The van der Waals surface area contributed by atoms with E-state index in [-0.39, 0.29) is 0 Å². The summed E-state index contributed by atoms with van der Waals surface area (Å²) in [5, 5.41) is 3.24. The molecule has 72 valence electrons. The fraction of sp³-hybridized carbons (Fsp3) is 0.818. The van der Waals surface area contributed by atoms with Gasteiger partial charge in [-0.05, 0) is 25.7 Å². The Hall–Kier alpha value is -0.460. The smallest absolute Gasteiger partial charge is 0.0115 e. The van der Waals surface area contributed by atoms with Gasteiger partial charge >= 0.3 is 0 Å². The Bertz CT molecular complexity index is 116. The summed E-state index contributed by atoms with van der Waals surface area (Å²) in [5.74, 6) is 0.845. The fourth-order valence-electron chi connectivity index (χ4n) is 1.23. The lowest BCUT2D eigenvalue weighted by atomic mass is 10.0. The van der Waals surface area contributed by atoms with Gasteiger partial charge in [0.25, 0.3) is 0 Å². The molecule has 0 saturated heterocycles. The molecule has 1 heteroatoms. The zero-order valence-electron chi connectivity index (χ0n) is 8.82. The third kappa shape index (κ3) is 7.64. The molecule has 0 spiro atoms. The monoisotopic (exact) mass is 169 g/mol. The standard InChI is InChI=1S/C11H23N/c1-5-12-11(4)9-7-6-8-10(2)3/h10,12H,4-9H2,1-3H3. The van der Waals surface area contributed by atoms with Gasteiger partial charge in [0.2, 0.25) is 0 Å². The van der Waals surface area contributed by atoms with Gasteiger partial charge in [-0.15, -0.1) is 0 Å². The van der Waals surface area contributed by atoms with Crippen LogP contribution < -0.4 is 5.32 Å². The first-order chi connectivity index (χ1) is 5.66. The van der Waals surface area contributed by atoms with Crippen LogP contribution in [0, 0.1) is 5.92 Å². The van der Waals surface area contributed by atoms with Crippen LogP contribution in [-0.4, -0.2) is 6.54 Å². The van der Waals surface area contributed by atoms with Gasteiger partial charge in [-0.25, -0.2) is 0 Å². The van der Waals surface area contributed by atoms with Crippen molar-refractivity contribution in [3.8, 4) is 0 Å². The number of hydrogen-bond donors (Lipinski definition) is 1. The highest BCUT2D eigenvalue weighted by Gasteiger charge is 1.95. The molecule has 0 aromatic heterocycles. The molecule has 0 aliphatic carbocycles. The minimum Gasteiger partial charge on any atom is -0.389 e. The molecule has 0 aromatic rings. The largest absolute Gasteiger partial charge is 0.389 e. The summed E-state index contributed by atoms with van der Waals surface area (Å²) in [4.78, 5) is 0. The first kappa shape index (κ1) is 11.5. The molecule has 0 aliphatic heterocycles. The molecule has 0 saturated carbocycles. The zero-order valence-corrected chi connectivity index (χ0v) is 8.82. The van der Waals surface area contributed by atoms with E-state index in [1.807, 2.05) is 0 Å². The molecule has 12 heavy (non-hydrogen) atoms. The van der Waals surface area contributed by atoms with Gasteiger partial charge in [0.15, 0.2) is 0 Å². The lowest BCUT2D eigenvalue weighted by molar-refractivity contribution is 0.533. The van der Waals surface area contributed by atoms with Gasteiger partial charge in [-0.2, -0.15) is 0 Å². The van der Waals surface area contributed by atoms with E-state index >= 15 is 0 Å². The fourth-order valence-corrected chi connectivity index (χ4v) is 1.23. The molecule has 0 rings (SSSR count). The molecule has 1 N–H and O–H groups in total. The first-order valence-electron chi connectivity index (χ1n) is 5.08. The van der Waals surface area contributed by atoms with Gasteiger partial charge in [-0.1, -0.05) is 33.3 Å². The number of rotatable bonds is 7. The van der Waals surface area contributed by atoms with Crippen molar-refractivity contribution >= 4 is 0 Å². The number of allylic oxidation sites excluding steroid dienone is 1. The van der Waals surface area contributed by atoms with Crippen LogP contribution in [0.2, 0.25) is 0 Å². The van der Waals surface area contributed by atoms with Gasteiger partial charge < -0.3 is 5.32 Å². The van der Waals surface area contributed by atoms with Crippen LogP contribution in [-0.2, 0) is 0 Å². The summed E-state index contributed by atoms with van der Waals surface area (Å²) in [5.41, 5.74) is 1.20. The average molecular weight is 169 g/mol. The first-order valence-corrected chi connectivity index (χ1v) is 5.08. The maximum absolute atomic E-state index is 3.95. The molecule has 0 heterocycles. The van der Waals surface area contributed by atoms with Crippen molar-refractivity contribution in [2.45, 2.75) is 46.5 Å². The Morgan fingerprint density at radius 3 is 2.50 bits per heavy atom. The van der Waals surface area contributed by atoms with Crippen LogP contribution in [0.15, 0.2) is 12.3 Å². The van der Waals surface area contributed by atoms with Crippen LogP contribution in [0.25, 0.3) is 0 Å². The maximum Gasteiger partial charge on any atom is 0.0115 e. The van der Waals surface area contributed by atoms with Gasteiger partial charge in [0, 0.05) is 12.2 Å². The van der Waals surface area contributed by atoms with E-state index in [0.29, 0.717) is 0 Å². The Morgan fingerprint density at radius 1 is 1.33 bits per heavy atom. The number of unbranched alkanes of at least 4 members (excludes halogenated alkanes) is 1. The lowest BCUT2D eigenvalue weighted by Gasteiger charge is -2.07. The van der Waals surface area contributed by atoms with E-state index in [4.69, 9.17) is 0 Å². The quantitative estimate of drug-likeness (QED) is 0.576. The van der Waals surface area contributed by atoms with E-state index < -0.39 is 0 Å². The topological polar surface area (TPSA) is 12.0 Å². The molecular weight excluding hydrogens is 146 g/mol. The van der Waals surface area contributed by atoms with E-state index in [1.54, 1.807) is 0 Å². The Morgan fingerprint density at radius 2 is 2.00 bits per heavy atom. The SMILES string of the molecule is C=C(CCCCC(C)C)NCC. The second kappa shape index (κ2) is 7.20. The van der Waals surface area contributed by atoms with E-state index in [1.165, 1.54) is 25.0 Å². The van der Waals surface area contributed by atoms with Crippen molar-refractivity contribution in [3.63, 3.8) is 0 Å². The molecule has 0 radical (unpaired) electrons. The predicted molar refractivity (Wildman–Crippen MR) is 56.1 cm³/mol. The predicted octanol–water partition coefficient (Wildman–Crippen LogP) is 3.33. The highest BCUT2D eigenvalue weighted by atomic mass is 14.9. The Labute approximate surface area is 77.2 Å². The molecule has 1 nitrogen and oxygen atoms in total. The molecule has 0 aromatic carbocycles. The van der Waals surface area contributed by atoms with Crippen molar-refractivity contribution in [1.29, 1.82) is 0 Å². The van der Waals surface area contributed by atoms with Crippen molar-refractivity contribution in [2.24, 2.45) is 5.92 Å². The molecule has 0 fully saturated rings. The molecule has 0 atom stereocenters. The molecule has 0 amide bonds. The minimum absolute atomic E-state index is 0.845. The molecule has 0 bridgehead atoms. The summed E-state index contributed by atoms with van der Waals surface area (Å²) in [6.45, 7) is 11.6. The van der Waals surface area contributed by atoms with Crippen molar-refractivity contribution < 1.29 is 0 Å². The van der Waals surface area contributed by atoms with Crippen molar-refractivity contribution in [3.05, 3.63) is 12.3 Å². The zero-order chi connectivity index (χ0) is 9.40. The Balaban J connectivity index is 3.14. The summed E-state index contributed by atoms with van der Waals surface area (Å²) in [6, 6.07) is 0. The lowest BCUT2D eigenvalue weighted by Crippen LogP contribution is -2.10. The summed E-state index contributed by atoms with van der Waals surface area (Å²) in [7, 11) is 0. The summed E-state index contributed by atoms with van der Waals surface area (Å²) in [6.07, 6.45) is 5.10. The average Bonchev–Trinajstić information content (AvgIpc) is 1.98. The second-order valence-corrected chi connectivity index (χ2v) is 3.77. The van der Waals surface area contributed by atoms with Gasteiger partial charge in [0.1, 0.15) is 0 Å². The van der Waals surface area contributed by atoms with E-state index in [9.17, 15) is 0 Å². The van der Waals surface area contributed by atoms with Gasteiger partial charge in [-0.3, -0.25) is 0 Å². The van der Waals surface area contributed by atoms with Crippen LogP contribution in [0.4, 0.5) is 0 Å². The van der Waals surface area contributed by atoms with E-state index in [2.05, 4.69) is 32.7 Å². The summed E-state index contributed by atoms with van der Waals surface area (Å²) >= 11 is 0. The highest BCUT2D eigenvalue weighted by Crippen LogP contribution is 2.09. The van der Waals surface area contributed by atoms with Crippen molar-refractivity contribution in [1.82, 2.24) is 5.32 Å². The number of nitrogens with one attached hydrogen (secondary N) is 1. The molecule has 0 aliphatic rings. The van der Waals surface area contributed by atoms with Gasteiger partial charge in [0.05, 0.1) is 0 Å². The third-order valence-corrected chi connectivity index (χ3v) is 1.94. The van der Waals surface area contributed by atoms with Crippen molar-refractivity contribution in [2.75, 3.05) is 6.54 Å². The van der Waals surface area contributed by atoms with Crippen LogP contribution in [0.1, 0.15) is 46.5 Å².